The van der Waals surface area contributed by atoms with E-state index in [0.717, 1.165) is 16.3 Å². The Morgan fingerprint density at radius 2 is 2.12 bits per heavy atom. The van der Waals surface area contributed by atoms with E-state index in [-0.39, 0.29) is 5.91 Å². The molecule has 1 aromatic carbocycles. The Balaban J connectivity index is 1.45. The molecular formula is C16H15N3O3S2. The first-order valence-corrected chi connectivity index (χ1v) is 9.05. The quantitative estimate of drug-likeness (QED) is 0.643. The van der Waals surface area contributed by atoms with Gasteiger partial charge in [0.1, 0.15) is 5.75 Å². The van der Waals surface area contributed by atoms with Crippen LogP contribution in [0.5, 0.6) is 5.75 Å². The standard InChI is InChI=1S/C16H15N3O3S2/c1-21-12-6-4-11(5-7-12)17-14(20)8-10-24-16-19-18-15(22-16)13-3-2-9-23-13/h2-7,9H,8,10H2,1H3,(H,17,20). The van der Waals surface area contributed by atoms with Crippen LogP contribution in [0.1, 0.15) is 6.42 Å². The van der Waals surface area contributed by atoms with Gasteiger partial charge in [-0.25, -0.2) is 0 Å². The second-order valence-corrected chi connectivity index (χ2v) is 6.72. The Morgan fingerprint density at radius 3 is 2.83 bits per heavy atom. The Labute approximate surface area is 147 Å². The van der Waals surface area contributed by atoms with Crippen molar-refractivity contribution in [2.75, 3.05) is 18.2 Å². The Hall–Kier alpha value is -2.32. The average molecular weight is 361 g/mol. The summed E-state index contributed by atoms with van der Waals surface area (Å²) in [4.78, 5) is 12.9. The Bertz CT molecular complexity index is 785. The van der Waals surface area contributed by atoms with Crippen molar-refractivity contribution in [2.24, 2.45) is 0 Å². The molecule has 0 aliphatic carbocycles. The van der Waals surface area contributed by atoms with Crippen molar-refractivity contribution in [3.05, 3.63) is 41.8 Å². The average Bonchev–Trinajstić information content (AvgIpc) is 3.27. The number of carbonyl (C=O) groups is 1. The summed E-state index contributed by atoms with van der Waals surface area (Å²) in [7, 11) is 1.60. The van der Waals surface area contributed by atoms with E-state index in [4.69, 9.17) is 9.15 Å². The number of hydrogen-bond donors (Lipinski definition) is 1. The van der Waals surface area contributed by atoms with Crippen LogP contribution in [0, 0.1) is 0 Å². The van der Waals surface area contributed by atoms with Gasteiger partial charge in [0.05, 0.1) is 12.0 Å². The number of aromatic nitrogens is 2. The zero-order valence-corrected chi connectivity index (χ0v) is 14.5. The molecule has 0 aliphatic rings. The monoisotopic (exact) mass is 361 g/mol. The second kappa shape index (κ2) is 7.98. The first-order chi connectivity index (χ1) is 11.7. The van der Waals surface area contributed by atoms with Gasteiger partial charge in [-0.2, -0.15) is 0 Å². The fourth-order valence-electron chi connectivity index (χ4n) is 1.90. The molecule has 0 fully saturated rings. The number of benzene rings is 1. The highest BCUT2D eigenvalue weighted by molar-refractivity contribution is 7.99. The van der Waals surface area contributed by atoms with Gasteiger partial charge in [0.2, 0.25) is 5.91 Å². The number of rotatable bonds is 7. The zero-order chi connectivity index (χ0) is 16.8. The van der Waals surface area contributed by atoms with Crippen LogP contribution in [0.4, 0.5) is 5.69 Å². The van der Waals surface area contributed by atoms with Gasteiger partial charge in [0.15, 0.2) is 0 Å². The molecular weight excluding hydrogens is 346 g/mol. The molecule has 0 saturated heterocycles. The number of thiophene rings is 1. The first kappa shape index (κ1) is 16.5. The second-order valence-electron chi connectivity index (χ2n) is 4.73. The number of carbonyl (C=O) groups excluding carboxylic acids is 1. The molecule has 0 aliphatic heterocycles. The summed E-state index contributed by atoms with van der Waals surface area (Å²) >= 11 is 2.91. The van der Waals surface area contributed by atoms with Crippen LogP contribution in [-0.4, -0.2) is 29.0 Å². The van der Waals surface area contributed by atoms with Gasteiger partial charge in [-0.15, -0.1) is 21.5 Å². The van der Waals surface area contributed by atoms with E-state index < -0.39 is 0 Å². The molecule has 2 heterocycles. The number of amides is 1. The van der Waals surface area contributed by atoms with Crippen LogP contribution in [0.15, 0.2) is 51.4 Å². The van der Waals surface area contributed by atoms with Gasteiger partial charge in [-0.1, -0.05) is 17.8 Å². The van der Waals surface area contributed by atoms with E-state index in [9.17, 15) is 4.79 Å². The normalized spacial score (nSPS) is 10.5. The Kier molecular flexibility index (Phi) is 5.50. The van der Waals surface area contributed by atoms with Crippen molar-refractivity contribution < 1.29 is 13.9 Å². The Morgan fingerprint density at radius 1 is 1.29 bits per heavy atom. The summed E-state index contributed by atoms with van der Waals surface area (Å²) in [5.74, 6) is 1.76. The van der Waals surface area contributed by atoms with Gasteiger partial charge in [-0.3, -0.25) is 4.79 Å². The van der Waals surface area contributed by atoms with Gasteiger partial charge in [0.25, 0.3) is 11.1 Å². The number of methoxy groups -OCH3 is 1. The summed E-state index contributed by atoms with van der Waals surface area (Å²) in [6.07, 6.45) is 0.355. The van der Waals surface area contributed by atoms with Crippen LogP contribution in [-0.2, 0) is 4.79 Å². The molecule has 0 spiro atoms. The highest BCUT2D eigenvalue weighted by atomic mass is 32.2. The van der Waals surface area contributed by atoms with Crippen LogP contribution in [0.25, 0.3) is 10.8 Å². The predicted molar refractivity (Wildman–Crippen MR) is 94.6 cm³/mol. The third kappa shape index (κ3) is 4.36. The smallest absolute Gasteiger partial charge is 0.276 e. The lowest BCUT2D eigenvalue weighted by Crippen LogP contribution is -2.12. The molecule has 0 atom stereocenters. The molecule has 3 aromatic rings. The number of nitrogens with one attached hydrogen (secondary N) is 1. The number of hydrogen-bond acceptors (Lipinski definition) is 7. The third-order valence-electron chi connectivity index (χ3n) is 3.07. The lowest BCUT2D eigenvalue weighted by Gasteiger charge is -2.05. The van der Waals surface area contributed by atoms with Gasteiger partial charge < -0.3 is 14.5 Å². The van der Waals surface area contributed by atoms with Crippen molar-refractivity contribution in [2.45, 2.75) is 11.6 Å². The highest BCUT2D eigenvalue weighted by Crippen LogP contribution is 2.26. The van der Waals surface area contributed by atoms with Crippen LogP contribution in [0.3, 0.4) is 0 Å². The van der Waals surface area contributed by atoms with Crippen molar-refractivity contribution in [1.29, 1.82) is 0 Å². The molecule has 1 N–H and O–H groups in total. The first-order valence-electron chi connectivity index (χ1n) is 7.18. The lowest BCUT2D eigenvalue weighted by molar-refractivity contribution is -0.115. The molecule has 1 amide bonds. The maximum absolute atomic E-state index is 11.9. The van der Waals surface area contributed by atoms with E-state index in [0.29, 0.717) is 23.3 Å². The molecule has 124 valence electrons. The van der Waals surface area contributed by atoms with Gasteiger partial charge >= 0.3 is 0 Å². The van der Waals surface area contributed by atoms with Gasteiger partial charge in [0, 0.05) is 17.9 Å². The number of thioether (sulfide) groups is 1. The summed E-state index contributed by atoms with van der Waals surface area (Å²) < 4.78 is 10.6. The molecule has 0 bridgehead atoms. The molecule has 8 heteroatoms. The molecule has 2 aromatic heterocycles. The van der Waals surface area contributed by atoms with E-state index in [1.165, 1.54) is 11.8 Å². The number of ether oxygens (including phenoxy) is 1. The molecule has 0 unspecified atom stereocenters. The molecule has 0 radical (unpaired) electrons. The van der Waals surface area contributed by atoms with Crippen molar-refractivity contribution >= 4 is 34.7 Å². The van der Waals surface area contributed by atoms with E-state index in [1.54, 1.807) is 42.7 Å². The molecule has 6 nitrogen and oxygen atoms in total. The maximum atomic E-state index is 11.9. The minimum Gasteiger partial charge on any atom is -0.497 e. The van der Waals surface area contributed by atoms with Crippen molar-refractivity contribution in [3.63, 3.8) is 0 Å². The van der Waals surface area contributed by atoms with Crippen molar-refractivity contribution in [1.82, 2.24) is 10.2 Å². The van der Waals surface area contributed by atoms with Gasteiger partial charge in [-0.05, 0) is 35.7 Å². The molecule has 0 saturated carbocycles. The van der Waals surface area contributed by atoms with Crippen molar-refractivity contribution in [3.8, 4) is 16.5 Å². The van der Waals surface area contributed by atoms with E-state index in [2.05, 4.69) is 15.5 Å². The van der Waals surface area contributed by atoms with Crippen LogP contribution >= 0.6 is 23.1 Å². The number of nitrogens with zero attached hydrogens (tertiary/aromatic N) is 2. The third-order valence-corrected chi connectivity index (χ3v) is 4.74. The summed E-state index contributed by atoms with van der Waals surface area (Å²) in [6.45, 7) is 0. The largest absolute Gasteiger partial charge is 0.497 e. The lowest BCUT2D eigenvalue weighted by atomic mass is 10.3. The highest BCUT2D eigenvalue weighted by Gasteiger charge is 2.10. The fourth-order valence-corrected chi connectivity index (χ4v) is 3.24. The molecule has 3 rings (SSSR count). The number of anilines is 1. The van der Waals surface area contributed by atoms with E-state index in [1.807, 2.05) is 17.5 Å². The maximum Gasteiger partial charge on any atom is 0.276 e. The summed E-state index contributed by atoms with van der Waals surface area (Å²) in [6, 6.07) is 11.1. The topological polar surface area (TPSA) is 77.2 Å². The van der Waals surface area contributed by atoms with E-state index >= 15 is 0 Å². The minimum absolute atomic E-state index is 0.0642. The zero-order valence-electron chi connectivity index (χ0n) is 12.9. The van der Waals surface area contributed by atoms with Crippen LogP contribution < -0.4 is 10.1 Å². The van der Waals surface area contributed by atoms with Crippen LogP contribution in [0.2, 0.25) is 0 Å². The summed E-state index contributed by atoms with van der Waals surface area (Å²) in [5.41, 5.74) is 0.739. The molecule has 24 heavy (non-hydrogen) atoms. The predicted octanol–water partition coefficient (Wildman–Crippen LogP) is 3.93. The SMILES string of the molecule is COc1ccc(NC(=O)CCSc2nnc(-c3cccs3)o2)cc1. The fraction of sp³-hybridized carbons (Fsp3) is 0.188. The summed E-state index contributed by atoms with van der Waals surface area (Å²) in [5, 5.41) is 13.2. The minimum atomic E-state index is -0.0642.